The summed E-state index contributed by atoms with van der Waals surface area (Å²) >= 11 is 0. The summed E-state index contributed by atoms with van der Waals surface area (Å²) in [6.07, 6.45) is 0. The molecule has 0 aliphatic rings. The Kier molecular flexibility index (Phi) is 4.37. The molecule has 0 radical (unpaired) electrons. The molecule has 0 aliphatic heterocycles. The minimum absolute atomic E-state index is 0.168. The molecule has 1 N–H and O–H groups in total. The van der Waals surface area contributed by atoms with Gasteiger partial charge in [0, 0.05) is 18.8 Å². The molecule has 1 aromatic rings. The van der Waals surface area contributed by atoms with Gasteiger partial charge in [0.05, 0.1) is 6.61 Å². The second kappa shape index (κ2) is 5.56. The van der Waals surface area contributed by atoms with Crippen molar-refractivity contribution in [3.63, 3.8) is 0 Å². The Morgan fingerprint density at radius 3 is 2.73 bits per heavy atom. The van der Waals surface area contributed by atoms with Crippen molar-refractivity contribution in [1.82, 2.24) is 0 Å². The summed E-state index contributed by atoms with van der Waals surface area (Å²) in [6.45, 7) is 9.59. The summed E-state index contributed by atoms with van der Waals surface area (Å²) in [5, 5.41) is 9.01. The number of anilines is 1. The molecule has 0 bridgehead atoms. The normalized spacial score (nSPS) is 10.1. The lowest BCUT2D eigenvalue weighted by Gasteiger charge is -2.24. The Hall–Kier alpha value is -1.28. The molecule has 1 rings (SSSR count). The number of rotatable bonds is 5. The van der Waals surface area contributed by atoms with E-state index in [4.69, 9.17) is 5.11 Å². The molecule has 0 aromatic heterocycles. The molecule has 0 saturated heterocycles. The fourth-order valence-corrected chi connectivity index (χ4v) is 1.57. The Labute approximate surface area is 91.9 Å². The molecule has 0 aliphatic carbocycles. The van der Waals surface area contributed by atoms with Gasteiger partial charge in [-0.05, 0) is 31.5 Å². The molecule has 1 aromatic carbocycles. The second-order valence-electron chi connectivity index (χ2n) is 3.94. The number of benzene rings is 1. The van der Waals surface area contributed by atoms with Crippen LogP contribution in [0.2, 0.25) is 0 Å². The first kappa shape index (κ1) is 11.8. The van der Waals surface area contributed by atoms with E-state index >= 15 is 0 Å². The van der Waals surface area contributed by atoms with E-state index in [1.807, 2.05) is 13.0 Å². The highest BCUT2D eigenvalue weighted by Gasteiger charge is 2.05. The molecule has 0 atom stereocenters. The largest absolute Gasteiger partial charge is 0.395 e. The molecule has 15 heavy (non-hydrogen) atoms. The van der Waals surface area contributed by atoms with Crippen LogP contribution in [0.4, 0.5) is 5.69 Å². The average Bonchev–Trinajstić information content (AvgIpc) is 2.16. The summed E-state index contributed by atoms with van der Waals surface area (Å²) in [4.78, 5) is 2.13. The molecular formula is C13H19NO. The van der Waals surface area contributed by atoms with Crippen molar-refractivity contribution >= 4 is 5.69 Å². The lowest BCUT2D eigenvalue weighted by atomic mass is 10.2. The molecule has 2 heteroatoms. The van der Waals surface area contributed by atoms with Gasteiger partial charge in [0.1, 0.15) is 0 Å². The smallest absolute Gasteiger partial charge is 0.0606 e. The highest BCUT2D eigenvalue weighted by Crippen LogP contribution is 2.16. The van der Waals surface area contributed by atoms with Crippen LogP contribution in [-0.2, 0) is 0 Å². The van der Waals surface area contributed by atoms with Gasteiger partial charge in [0.2, 0.25) is 0 Å². The maximum Gasteiger partial charge on any atom is 0.0606 e. The van der Waals surface area contributed by atoms with Crippen molar-refractivity contribution < 1.29 is 5.11 Å². The predicted octanol–water partition coefficient (Wildman–Crippen LogP) is 2.37. The van der Waals surface area contributed by atoms with E-state index in [-0.39, 0.29) is 6.61 Å². The average molecular weight is 205 g/mol. The van der Waals surface area contributed by atoms with Gasteiger partial charge in [-0.3, -0.25) is 0 Å². The standard InChI is InChI=1S/C13H19NO/c1-11(2)10-14(7-8-15)13-6-4-5-12(3)9-13/h4-6,9,15H,1,7-8,10H2,2-3H3. The first-order valence-corrected chi connectivity index (χ1v) is 5.20. The lowest BCUT2D eigenvalue weighted by molar-refractivity contribution is 0.303. The van der Waals surface area contributed by atoms with Gasteiger partial charge in [-0.15, -0.1) is 0 Å². The minimum atomic E-state index is 0.168. The van der Waals surface area contributed by atoms with Crippen molar-refractivity contribution in [3.8, 4) is 0 Å². The van der Waals surface area contributed by atoms with Crippen LogP contribution in [0.1, 0.15) is 12.5 Å². The van der Waals surface area contributed by atoms with Crippen molar-refractivity contribution in [2.45, 2.75) is 13.8 Å². The first-order valence-electron chi connectivity index (χ1n) is 5.20. The Morgan fingerprint density at radius 2 is 2.20 bits per heavy atom. The highest BCUT2D eigenvalue weighted by atomic mass is 16.3. The van der Waals surface area contributed by atoms with Gasteiger partial charge in [-0.25, -0.2) is 0 Å². The van der Waals surface area contributed by atoms with Crippen LogP contribution < -0.4 is 4.90 Å². The molecule has 82 valence electrons. The van der Waals surface area contributed by atoms with E-state index in [9.17, 15) is 0 Å². The van der Waals surface area contributed by atoms with Crippen LogP contribution in [0, 0.1) is 6.92 Å². The Morgan fingerprint density at radius 1 is 1.47 bits per heavy atom. The van der Waals surface area contributed by atoms with Crippen molar-refractivity contribution in [3.05, 3.63) is 42.0 Å². The number of nitrogens with zero attached hydrogens (tertiary/aromatic N) is 1. The fourth-order valence-electron chi connectivity index (χ4n) is 1.57. The van der Waals surface area contributed by atoms with E-state index in [0.29, 0.717) is 6.54 Å². The number of aliphatic hydroxyl groups excluding tert-OH is 1. The van der Waals surface area contributed by atoms with Crippen LogP contribution in [0.3, 0.4) is 0 Å². The van der Waals surface area contributed by atoms with Gasteiger partial charge in [-0.2, -0.15) is 0 Å². The number of aliphatic hydroxyl groups is 1. The van der Waals surface area contributed by atoms with E-state index in [1.165, 1.54) is 5.56 Å². The molecule has 0 fully saturated rings. The monoisotopic (exact) mass is 205 g/mol. The third-order valence-electron chi connectivity index (χ3n) is 2.20. The van der Waals surface area contributed by atoms with Crippen molar-refractivity contribution in [1.29, 1.82) is 0 Å². The summed E-state index contributed by atoms with van der Waals surface area (Å²) in [5.41, 5.74) is 3.48. The molecule has 0 heterocycles. The molecule has 0 amide bonds. The second-order valence-corrected chi connectivity index (χ2v) is 3.94. The summed E-state index contributed by atoms with van der Waals surface area (Å²) in [5.74, 6) is 0. The minimum Gasteiger partial charge on any atom is -0.395 e. The number of hydrogen-bond donors (Lipinski definition) is 1. The van der Waals surface area contributed by atoms with Crippen molar-refractivity contribution in [2.24, 2.45) is 0 Å². The molecule has 0 saturated carbocycles. The summed E-state index contributed by atoms with van der Waals surface area (Å²) in [7, 11) is 0. The van der Waals surface area contributed by atoms with E-state index in [1.54, 1.807) is 0 Å². The van der Waals surface area contributed by atoms with Crippen LogP contribution in [0.25, 0.3) is 0 Å². The summed E-state index contributed by atoms with van der Waals surface area (Å²) < 4.78 is 0. The van der Waals surface area contributed by atoms with E-state index in [2.05, 4.69) is 36.6 Å². The maximum atomic E-state index is 9.01. The zero-order chi connectivity index (χ0) is 11.3. The first-order chi connectivity index (χ1) is 7.13. The van der Waals surface area contributed by atoms with Gasteiger partial charge in [0.25, 0.3) is 0 Å². The van der Waals surface area contributed by atoms with Crippen LogP contribution >= 0.6 is 0 Å². The van der Waals surface area contributed by atoms with Crippen LogP contribution in [-0.4, -0.2) is 24.8 Å². The van der Waals surface area contributed by atoms with E-state index in [0.717, 1.165) is 17.8 Å². The summed E-state index contributed by atoms with van der Waals surface area (Å²) in [6, 6.07) is 8.29. The van der Waals surface area contributed by atoms with Crippen LogP contribution in [0.15, 0.2) is 36.4 Å². The SMILES string of the molecule is C=C(C)CN(CCO)c1cccc(C)c1. The lowest BCUT2D eigenvalue weighted by Crippen LogP contribution is -2.28. The fraction of sp³-hybridized carbons (Fsp3) is 0.385. The molecule has 0 spiro atoms. The molecule has 0 unspecified atom stereocenters. The number of aryl methyl sites for hydroxylation is 1. The third-order valence-corrected chi connectivity index (χ3v) is 2.20. The maximum absolute atomic E-state index is 9.01. The highest BCUT2D eigenvalue weighted by molar-refractivity contribution is 5.49. The Balaban J connectivity index is 2.83. The predicted molar refractivity (Wildman–Crippen MR) is 65.3 cm³/mol. The van der Waals surface area contributed by atoms with Crippen molar-refractivity contribution in [2.75, 3.05) is 24.6 Å². The van der Waals surface area contributed by atoms with Gasteiger partial charge >= 0.3 is 0 Å². The third kappa shape index (κ3) is 3.76. The molecular weight excluding hydrogens is 186 g/mol. The number of hydrogen-bond acceptors (Lipinski definition) is 2. The quantitative estimate of drug-likeness (QED) is 0.746. The zero-order valence-electron chi connectivity index (χ0n) is 9.53. The Bertz CT molecular complexity index is 333. The van der Waals surface area contributed by atoms with Crippen LogP contribution in [0.5, 0.6) is 0 Å². The topological polar surface area (TPSA) is 23.5 Å². The van der Waals surface area contributed by atoms with E-state index < -0.39 is 0 Å². The van der Waals surface area contributed by atoms with Gasteiger partial charge in [0.15, 0.2) is 0 Å². The van der Waals surface area contributed by atoms with Gasteiger partial charge < -0.3 is 10.0 Å². The zero-order valence-corrected chi connectivity index (χ0v) is 9.53. The molecule has 2 nitrogen and oxygen atoms in total. The van der Waals surface area contributed by atoms with Gasteiger partial charge in [-0.1, -0.05) is 24.3 Å².